The van der Waals surface area contributed by atoms with Gasteiger partial charge >= 0.3 is 16.2 Å². The van der Waals surface area contributed by atoms with Gasteiger partial charge in [0.25, 0.3) is 0 Å². The number of piperazine rings is 1. The Hall–Kier alpha value is -2.73. The quantitative estimate of drug-likeness (QED) is 0.637. The van der Waals surface area contributed by atoms with Crippen molar-refractivity contribution < 1.29 is 22.0 Å². The number of halogens is 2. The van der Waals surface area contributed by atoms with Crippen molar-refractivity contribution in [3.05, 3.63) is 29.6 Å². The zero-order valence-corrected chi connectivity index (χ0v) is 22.9. The summed E-state index contributed by atoms with van der Waals surface area (Å²) < 4.78 is 58.6. The maximum atomic E-state index is 13.7. The molecule has 2 aliphatic rings. The Morgan fingerprint density at radius 2 is 1.76 bits per heavy atom. The molecule has 2 aromatic rings. The van der Waals surface area contributed by atoms with E-state index in [1.165, 1.54) is 15.7 Å². The number of alkyl halides is 2. The summed E-state index contributed by atoms with van der Waals surface area (Å²) in [6.45, 7) is 7.14. The van der Waals surface area contributed by atoms with E-state index in [4.69, 9.17) is 4.98 Å². The molecule has 2 fully saturated rings. The third-order valence-corrected chi connectivity index (χ3v) is 8.98. The van der Waals surface area contributed by atoms with Gasteiger partial charge in [0.1, 0.15) is 5.82 Å². The van der Waals surface area contributed by atoms with Crippen molar-refractivity contribution in [1.82, 2.24) is 24.1 Å². The molecule has 1 aromatic carbocycles. The van der Waals surface area contributed by atoms with Gasteiger partial charge in [0.2, 0.25) is 5.92 Å². The minimum Gasteiger partial charge on any atom is -0.341 e. The fraction of sp³-hybridized carbons (Fsp3) is 0.600. The lowest BCUT2D eigenvalue weighted by Crippen LogP contribution is -2.55. The van der Waals surface area contributed by atoms with Crippen molar-refractivity contribution in [2.75, 3.05) is 44.6 Å². The highest BCUT2D eigenvalue weighted by Crippen LogP contribution is 2.37. The molecule has 0 unspecified atom stereocenters. The molecule has 2 amide bonds. The van der Waals surface area contributed by atoms with Gasteiger partial charge in [-0.1, -0.05) is 26.3 Å². The Labute approximate surface area is 217 Å². The Kier molecular flexibility index (Phi) is 7.28. The first-order valence-electron chi connectivity index (χ1n) is 12.5. The summed E-state index contributed by atoms with van der Waals surface area (Å²) in [6, 6.07) is 5.08. The van der Waals surface area contributed by atoms with E-state index in [2.05, 4.69) is 5.32 Å². The average Bonchev–Trinajstić information content (AvgIpc) is 3.22. The molecule has 1 saturated heterocycles. The highest BCUT2D eigenvalue weighted by molar-refractivity contribution is 7.90. The Morgan fingerprint density at radius 3 is 2.32 bits per heavy atom. The normalized spacial score (nSPS) is 19.2. The summed E-state index contributed by atoms with van der Waals surface area (Å²) in [5.41, 5.74) is 2.53. The van der Waals surface area contributed by atoms with Crippen molar-refractivity contribution >= 4 is 39.2 Å². The van der Waals surface area contributed by atoms with E-state index in [-0.39, 0.29) is 37.4 Å². The van der Waals surface area contributed by atoms with Crippen LogP contribution in [-0.4, -0.2) is 79.4 Å². The van der Waals surface area contributed by atoms with Crippen molar-refractivity contribution in [3.8, 4) is 0 Å². The highest BCUT2D eigenvalue weighted by atomic mass is 32.2. The minimum atomic E-state index is -3.81. The summed E-state index contributed by atoms with van der Waals surface area (Å²) in [7, 11) is -0.759. The number of hydrogen-bond donors (Lipinski definition) is 1. The molecule has 9 nitrogen and oxygen atoms in total. The number of rotatable bonds is 4. The Morgan fingerprint density at radius 1 is 1.14 bits per heavy atom. The Balaban J connectivity index is 1.63. The van der Waals surface area contributed by atoms with E-state index < -0.39 is 16.1 Å². The lowest BCUT2D eigenvalue weighted by Gasteiger charge is -2.36. The largest absolute Gasteiger partial charge is 0.341 e. The van der Waals surface area contributed by atoms with Crippen molar-refractivity contribution in [2.24, 2.45) is 0 Å². The highest BCUT2D eigenvalue weighted by Gasteiger charge is 2.34. The van der Waals surface area contributed by atoms with E-state index >= 15 is 0 Å². The summed E-state index contributed by atoms with van der Waals surface area (Å²) in [4.78, 5) is 18.3. The van der Waals surface area contributed by atoms with Gasteiger partial charge in [-0.15, -0.1) is 0 Å². The molecule has 12 heteroatoms. The number of imidazole rings is 1. The van der Waals surface area contributed by atoms with Crippen molar-refractivity contribution in [2.45, 2.75) is 57.8 Å². The molecule has 0 atom stereocenters. The van der Waals surface area contributed by atoms with E-state index in [0.717, 1.165) is 16.9 Å². The van der Waals surface area contributed by atoms with Crippen LogP contribution < -0.4 is 9.62 Å². The van der Waals surface area contributed by atoms with Crippen molar-refractivity contribution in [1.29, 1.82) is 0 Å². The first-order valence-corrected chi connectivity index (χ1v) is 13.9. The molecule has 37 heavy (non-hydrogen) atoms. The predicted octanol–water partition coefficient (Wildman–Crippen LogP) is 4.02. The van der Waals surface area contributed by atoms with Gasteiger partial charge in [-0.3, -0.25) is 4.31 Å². The summed E-state index contributed by atoms with van der Waals surface area (Å²) >= 11 is 0. The number of nitrogens with one attached hydrogen (secondary N) is 1. The van der Waals surface area contributed by atoms with Crippen LogP contribution in [0, 0.1) is 0 Å². The lowest BCUT2D eigenvalue weighted by molar-refractivity contribution is -0.0244. The zero-order chi connectivity index (χ0) is 27.2. The van der Waals surface area contributed by atoms with Crippen LogP contribution >= 0.6 is 0 Å². The van der Waals surface area contributed by atoms with E-state index in [9.17, 15) is 22.0 Å². The fourth-order valence-electron chi connectivity index (χ4n) is 4.78. The van der Waals surface area contributed by atoms with E-state index in [0.29, 0.717) is 37.1 Å². The van der Waals surface area contributed by atoms with Gasteiger partial charge in [-0.25, -0.2) is 18.6 Å². The summed E-state index contributed by atoms with van der Waals surface area (Å²) in [5, 5.41) is 2.56. The van der Waals surface area contributed by atoms with Gasteiger partial charge in [0, 0.05) is 64.7 Å². The van der Waals surface area contributed by atoms with E-state index in [1.54, 1.807) is 24.1 Å². The van der Waals surface area contributed by atoms with Gasteiger partial charge in [0.15, 0.2) is 0 Å². The van der Waals surface area contributed by atoms with Crippen LogP contribution in [0.3, 0.4) is 0 Å². The minimum absolute atomic E-state index is 0.152. The molecular formula is C25H36F2N6O3S. The number of urea groups is 1. The lowest BCUT2D eigenvalue weighted by atomic mass is 9.92. The Bertz CT molecular complexity index is 1300. The SMILES string of the molecule is CNC(=O)N1CCN(S(=O)(=O)N(C)c2ccc3c(c2)nc(C(C)(C)C)n3C=C2CCC(F)(F)CC2)CC1. The number of fused-ring (bicyclic) bond motifs is 1. The number of anilines is 1. The number of carbonyl (C=O) groups is 1. The topological polar surface area (TPSA) is 90.8 Å². The standard InChI is InChI=1S/C25H36F2N6O3S/c1-24(2,3)22-29-20-16-19(6-7-21(20)33(22)17-18-8-10-25(26,27)11-9-18)30(5)37(35,36)32-14-12-31(13-15-32)23(34)28-4/h6-7,16-17H,8-15H2,1-5H3,(H,28,34). The van der Waals surface area contributed by atoms with Crippen LogP contribution in [0.1, 0.15) is 52.3 Å². The van der Waals surface area contributed by atoms with Gasteiger partial charge in [0.05, 0.1) is 16.7 Å². The smallest absolute Gasteiger partial charge is 0.317 e. The number of hydrogen-bond acceptors (Lipinski definition) is 4. The van der Waals surface area contributed by atoms with Gasteiger partial charge < -0.3 is 14.8 Å². The van der Waals surface area contributed by atoms with Crippen LogP contribution in [0.5, 0.6) is 0 Å². The second-order valence-electron chi connectivity index (χ2n) is 10.8. The summed E-state index contributed by atoms with van der Waals surface area (Å²) in [5.74, 6) is -1.83. The van der Waals surface area contributed by atoms with Crippen LogP contribution in [0.2, 0.25) is 0 Å². The molecule has 2 heterocycles. The van der Waals surface area contributed by atoms with Gasteiger partial charge in [-0.2, -0.15) is 12.7 Å². The predicted molar refractivity (Wildman–Crippen MR) is 141 cm³/mol. The monoisotopic (exact) mass is 538 g/mol. The number of benzene rings is 1. The zero-order valence-electron chi connectivity index (χ0n) is 22.1. The molecular weight excluding hydrogens is 502 g/mol. The molecule has 0 spiro atoms. The third-order valence-electron chi connectivity index (χ3n) is 7.06. The summed E-state index contributed by atoms with van der Waals surface area (Å²) in [6.07, 6.45) is 2.29. The molecule has 0 bridgehead atoms. The second-order valence-corrected chi connectivity index (χ2v) is 12.7. The number of carbonyl (C=O) groups excluding carboxylic acids is 1. The fourth-order valence-corrected chi connectivity index (χ4v) is 6.13. The average molecular weight is 539 g/mol. The van der Waals surface area contributed by atoms with Crippen LogP contribution in [0.25, 0.3) is 17.2 Å². The van der Waals surface area contributed by atoms with Crippen molar-refractivity contribution in [3.63, 3.8) is 0 Å². The van der Waals surface area contributed by atoms with Gasteiger partial charge in [-0.05, 0) is 31.0 Å². The maximum absolute atomic E-state index is 13.7. The molecule has 4 rings (SSSR count). The number of allylic oxidation sites excluding steroid dienone is 1. The first-order chi connectivity index (χ1) is 17.2. The molecule has 1 saturated carbocycles. The number of amides is 2. The third kappa shape index (κ3) is 5.59. The molecule has 1 aliphatic carbocycles. The molecule has 1 aromatic heterocycles. The number of nitrogens with zero attached hydrogens (tertiary/aromatic N) is 5. The molecule has 1 aliphatic heterocycles. The van der Waals surface area contributed by atoms with Crippen LogP contribution in [0.4, 0.5) is 19.3 Å². The van der Waals surface area contributed by atoms with Crippen LogP contribution in [0.15, 0.2) is 23.8 Å². The van der Waals surface area contributed by atoms with E-state index in [1.807, 2.05) is 37.6 Å². The second kappa shape index (κ2) is 9.86. The number of aromatic nitrogens is 2. The molecule has 0 radical (unpaired) electrons. The molecule has 1 N–H and O–H groups in total. The van der Waals surface area contributed by atoms with Crippen LogP contribution in [-0.2, 0) is 15.6 Å². The molecule has 204 valence electrons. The maximum Gasteiger partial charge on any atom is 0.317 e. The first kappa shape index (κ1) is 27.3.